The van der Waals surface area contributed by atoms with E-state index in [0.29, 0.717) is 12.6 Å². The lowest BCUT2D eigenvalue weighted by Crippen LogP contribution is -2.45. The average Bonchev–Trinajstić information content (AvgIpc) is 2.56. The molecular formula is C17H28IN3OS. The molecule has 0 amide bonds. The van der Waals surface area contributed by atoms with Crippen LogP contribution in [0.15, 0.2) is 29.3 Å². The van der Waals surface area contributed by atoms with Gasteiger partial charge in [-0.2, -0.15) is 11.8 Å². The lowest BCUT2D eigenvalue weighted by Gasteiger charge is -2.24. The van der Waals surface area contributed by atoms with Gasteiger partial charge in [0.1, 0.15) is 5.75 Å². The van der Waals surface area contributed by atoms with Gasteiger partial charge >= 0.3 is 0 Å². The molecule has 1 fully saturated rings. The van der Waals surface area contributed by atoms with E-state index in [2.05, 4.69) is 28.6 Å². The van der Waals surface area contributed by atoms with Gasteiger partial charge < -0.3 is 15.4 Å². The fraction of sp³-hybridized carbons (Fsp3) is 0.588. The molecule has 1 aliphatic heterocycles. The Bertz CT molecular complexity index is 479. The van der Waals surface area contributed by atoms with Crippen LogP contribution in [0, 0.1) is 6.92 Å². The van der Waals surface area contributed by atoms with E-state index in [9.17, 15) is 0 Å². The van der Waals surface area contributed by atoms with E-state index < -0.39 is 0 Å². The van der Waals surface area contributed by atoms with Crippen molar-refractivity contribution in [1.29, 1.82) is 0 Å². The number of halogens is 1. The molecule has 23 heavy (non-hydrogen) atoms. The van der Waals surface area contributed by atoms with Crippen LogP contribution >= 0.6 is 35.7 Å². The maximum Gasteiger partial charge on any atom is 0.191 e. The van der Waals surface area contributed by atoms with Crippen molar-refractivity contribution >= 4 is 41.7 Å². The van der Waals surface area contributed by atoms with Gasteiger partial charge in [0.2, 0.25) is 0 Å². The van der Waals surface area contributed by atoms with Crippen LogP contribution in [0.5, 0.6) is 5.75 Å². The molecule has 4 nitrogen and oxygen atoms in total. The number of hydrogen-bond donors (Lipinski definition) is 2. The molecule has 0 bridgehead atoms. The minimum absolute atomic E-state index is 0. The SMILES string of the molecule is CN=C(NCCCOc1ccccc1C)NC1CCCSC1.I. The number of hydrogen-bond acceptors (Lipinski definition) is 3. The van der Waals surface area contributed by atoms with Crippen LogP contribution in [-0.4, -0.2) is 43.7 Å². The first-order chi connectivity index (χ1) is 10.8. The van der Waals surface area contributed by atoms with Crippen molar-refractivity contribution in [3.63, 3.8) is 0 Å². The van der Waals surface area contributed by atoms with Gasteiger partial charge in [-0.25, -0.2) is 0 Å². The predicted molar refractivity (Wildman–Crippen MR) is 112 cm³/mol. The van der Waals surface area contributed by atoms with E-state index in [0.717, 1.165) is 24.7 Å². The van der Waals surface area contributed by atoms with E-state index in [4.69, 9.17) is 4.74 Å². The lowest BCUT2D eigenvalue weighted by molar-refractivity contribution is 0.309. The van der Waals surface area contributed by atoms with E-state index in [-0.39, 0.29) is 24.0 Å². The highest BCUT2D eigenvalue weighted by molar-refractivity contribution is 14.0. The van der Waals surface area contributed by atoms with Crippen LogP contribution in [0.4, 0.5) is 0 Å². The number of thioether (sulfide) groups is 1. The number of aryl methyl sites for hydroxylation is 1. The van der Waals surface area contributed by atoms with Crippen LogP contribution in [0.1, 0.15) is 24.8 Å². The molecule has 1 saturated heterocycles. The highest BCUT2D eigenvalue weighted by atomic mass is 127. The molecule has 6 heteroatoms. The molecule has 1 aromatic rings. The van der Waals surface area contributed by atoms with E-state index in [1.165, 1.54) is 29.9 Å². The third kappa shape index (κ3) is 7.65. The van der Waals surface area contributed by atoms with Crippen molar-refractivity contribution in [3.8, 4) is 5.75 Å². The average molecular weight is 449 g/mol. The molecular weight excluding hydrogens is 421 g/mol. The molecule has 0 aliphatic carbocycles. The first-order valence-electron chi connectivity index (χ1n) is 8.03. The molecule has 1 unspecified atom stereocenters. The fourth-order valence-electron chi connectivity index (χ4n) is 2.42. The van der Waals surface area contributed by atoms with Gasteiger partial charge in [-0.05, 0) is 43.6 Å². The molecule has 1 aromatic carbocycles. The number of nitrogens with one attached hydrogen (secondary N) is 2. The summed E-state index contributed by atoms with van der Waals surface area (Å²) >= 11 is 2.02. The quantitative estimate of drug-likeness (QED) is 0.302. The third-order valence-corrected chi connectivity index (χ3v) is 4.90. The zero-order valence-corrected chi connectivity index (χ0v) is 17.2. The molecule has 2 N–H and O–H groups in total. The largest absolute Gasteiger partial charge is 0.493 e. The Morgan fingerprint density at radius 2 is 2.22 bits per heavy atom. The minimum Gasteiger partial charge on any atom is -0.493 e. The van der Waals surface area contributed by atoms with Gasteiger partial charge in [0.05, 0.1) is 6.61 Å². The topological polar surface area (TPSA) is 45.7 Å². The second-order valence-corrected chi connectivity index (χ2v) is 6.67. The second kappa shape index (κ2) is 11.8. The number of ether oxygens (including phenoxy) is 1. The molecule has 1 atom stereocenters. The molecule has 0 spiro atoms. The van der Waals surface area contributed by atoms with Crippen molar-refractivity contribution in [2.75, 3.05) is 31.7 Å². The molecule has 0 aromatic heterocycles. The zero-order valence-electron chi connectivity index (χ0n) is 14.0. The third-order valence-electron chi connectivity index (χ3n) is 3.69. The van der Waals surface area contributed by atoms with Gasteiger partial charge in [0, 0.05) is 25.4 Å². The Morgan fingerprint density at radius 1 is 1.39 bits per heavy atom. The monoisotopic (exact) mass is 449 g/mol. The van der Waals surface area contributed by atoms with Crippen molar-refractivity contribution in [1.82, 2.24) is 10.6 Å². The summed E-state index contributed by atoms with van der Waals surface area (Å²) in [6, 6.07) is 8.68. The van der Waals surface area contributed by atoms with Gasteiger partial charge in [-0.15, -0.1) is 24.0 Å². The summed E-state index contributed by atoms with van der Waals surface area (Å²) < 4.78 is 5.80. The summed E-state index contributed by atoms with van der Waals surface area (Å²) in [5, 5.41) is 6.87. The summed E-state index contributed by atoms with van der Waals surface area (Å²) in [5.74, 6) is 4.35. The zero-order chi connectivity index (χ0) is 15.6. The molecule has 130 valence electrons. The lowest BCUT2D eigenvalue weighted by atomic mass is 10.2. The van der Waals surface area contributed by atoms with Crippen LogP contribution in [-0.2, 0) is 0 Å². The summed E-state index contributed by atoms with van der Waals surface area (Å²) in [5.41, 5.74) is 1.18. The summed E-state index contributed by atoms with van der Waals surface area (Å²) in [6.45, 7) is 3.65. The fourth-order valence-corrected chi connectivity index (χ4v) is 3.49. The van der Waals surface area contributed by atoms with Gasteiger partial charge in [-0.1, -0.05) is 18.2 Å². The Kier molecular flexibility index (Phi) is 10.5. The second-order valence-electron chi connectivity index (χ2n) is 5.52. The number of aliphatic imine (C=N–C) groups is 1. The van der Waals surface area contributed by atoms with E-state index in [1.807, 2.05) is 37.0 Å². The highest BCUT2D eigenvalue weighted by Crippen LogP contribution is 2.17. The maximum absolute atomic E-state index is 5.80. The predicted octanol–water partition coefficient (Wildman–Crippen LogP) is 3.44. The molecule has 0 radical (unpaired) electrons. The molecule has 0 saturated carbocycles. The van der Waals surface area contributed by atoms with E-state index >= 15 is 0 Å². The first kappa shape index (κ1) is 20.4. The Balaban J connectivity index is 0.00000264. The number of rotatable bonds is 6. The number of guanidine groups is 1. The van der Waals surface area contributed by atoms with Crippen LogP contribution < -0.4 is 15.4 Å². The first-order valence-corrected chi connectivity index (χ1v) is 9.18. The normalized spacial score (nSPS) is 18.0. The highest BCUT2D eigenvalue weighted by Gasteiger charge is 2.14. The molecule has 1 heterocycles. The Morgan fingerprint density at radius 3 is 2.91 bits per heavy atom. The van der Waals surface area contributed by atoms with Crippen LogP contribution in [0.3, 0.4) is 0 Å². The summed E-state index contributed by atoms with van der Waals surface area (Å²) in [6.07, 6.45) is 3.49. The van der Waals surface area contributed by atoms with Crippen LogP contribution in [0.25, 0.3) is 0 Å². The van der Waals surface area contributed by atoms with Crippen molar-refractivity contribution in [2.45, 2.75) is 32.2 Å². The summed E-state index contributed by atoms with van der Waals surface area (Å²) in [4.78, 5) is 4.30. The molecule has 1 aliphatic rings. The number of benzene rings is 1. The van der Waals surface area contributed by atoms with Gasteiger partial charge in [0.15, 0.2) is 5.96 Å². The Labute approximate surface area is 161 Å². The van der Waals surface area contributed by atoms with Crippen LogP contribution in [0.2, 0.25) is 0 Å². The van der Waals surface area contributed by atoms with Crippen molar-refractivity contribution in [3.05, 3.63) is 29.8 Å². The number of nitrogens with zero attached hydrogens (tertiary/aromatic N) is 1. The Hall–Kier alpha value is -0.630. The summed E-state index contributed by atoms with van der Waals surface area (Å²) in [7, 11) is 1.83. The van der Waals surface area contributed by atoms with Crippen molar-refractivity contribution in [2.24, 2.45) is 4.99 Å². The van der Waals surface area contributed by atoms with Crippen molar-refractivity contribution < 1.29 is 4.74 Å². The minimum atomic E-state index is 0. The standard InChI is InChI=1S/C17H27N3OS.HI/c1-14-7-3-4-9-16(14)21-11-6-10-19-17(18-2)20-15-8-5-12-22-13-15;/h3-4,7,9,15H,5-6,8,10-13H2,1-2H3,(H2,18,19,20);1H. The van der Waals surface area contributed by atoms with Gasteiger partial charge in [0.25, 0.3) is 0 Å². The van der Waals surface area contributed by atoms with E-state index in [1.54, 1.807) is 0 Å². The smallest absolute Gasteiger partial charge is 0.191 e. The molecule has 2 rings (SSSR count). The number of para-hydroxylation sites is 1. The maximum atomic E-state index is 5.80. The van der Waals surface area contributed by atoms with Gasteiger partial charge in [-0.3, -0.25) is 4.99 Å².